The van der Waals surface area contributed by atoms with E-state index in [0.29, 0.717) is 11.9 Å². The Bertz CT molecular complexity index is 1030. The van der Waals surface area contributed by atoms with Gasteiger partial charge in [-0.05, 0) is 35.7 Å². The van der Waals surface area contributed by atoms with Gasteiger partial charge in [-0.2, -0.15) is 0 Å². The molecule has 0 aliphatic carbocycles. The Morgan fingerprint density at radius 2 is 1.92 bits per heavy atom. The van der Waals surface area contributed by atoms with Gasteiger partial charge >= 0.3 is 0 Å². The third-order valence-corrected chi connectivity index (χ3v) is 3.96. The molecule has 3 rings (SSSR count). The minimum atomic E-state index is -1.77. The second kappa shape index (κ2) is 7.03. The number of H-pyrrole nitrogens is 1. The van der Waals surface area contributed by atoms with Gasteiger partial charge in [0.15, 0.2) is 6.29 Å². The van der Waals surface area contributed by atoms with Gasteiger partial charge in [0.25, 0.3) is 11.5 Å². The zero-order valence-corrected chi connectivity index (χ0v) is 13.6. The molecule has 0 bridgehead atoms. The van der Waals surface area contributed by atoms with Gasteiger partial charge in [0.1, 0.15) is 11.4 Å². The number of aromatic amines is 1. The van der Waals surface area contributed by atoms with E-state index in [9.17, 15) is 24.2 Å². The first kappa shape index (κ1) is 17.7. The van der Waals surface area contributed by atoms with Crippen LogP contribution in [0.5, 0.6) is 0 Å². The number of nitrogens with zero attached hydrogens (tertiary/aromatic N) is 1. The first-order chi connectivity index (χ1) is 12.3. The number of aliphatic hydroxyl groups excluding tert-OH is 1. The van der Waals surface area contributed by atoms with E-state index in [4.69, 9.17) is 5.73 Å². The lowest BCUT2D eigenvalue weighted by atomic mass is 10.0. The highest BCUT2D eigenvalue weighted by Crippen LogP contribution is 2.20. The van der Waals surface area contributed by atoms with Crippen molar-refractivity contribution in [3.63, 3.8) is 0 Å². The minimum absolute atomic E-state index is 0.0829. The highest BCUT2D eigenvalue weighted by atomic mass is 19.1. The molecule has 1 amide bonds. The summed E-state index contributed by atoms with van der Waals surface area (Å²) in [4.78, 5) is 30.6. The van der Waals surface area contributed by atoms with Crippen molar-refractivity contribution in [3.8, 4) is 0 Å². The standard InChI is InChI=1S/C18H16FN3O4/c19-11-3-1-9(2-4-11)5-10-6-13-16(21-8-10)12(7-14(23)24)15(17(20)25)18(26)22-13/h1-4,6,8,14,23-24H,5,7H2,(H2,20,25)(H,22,26). The van der Waals surface area contributed by atoms with Crippen LogP contribution in [0.15, 0.2) is 41.3 Å². The van der Waals surface area contributed by atoms with Gasteiger partial charge in [-0.3, -0.25) is 14.6 Å². The van der Waals surface area contributed by atoms with Gasteiger partial charge in [-0.25, -0.2) is 4.39 Å². The summed E-state index contributed by atoms with van der Waals surface area (Å²) in [6.07, 6.45) is -0.120. The molecule has 1 aromatic carbocycles. The summed E-state index contributed by atoms with van der Waals surface area (Å²) in [6.45, 7) is 0. The van der Waals surface area contributed by atoms with E-state index in [1.165, 1.54) is 12.1 Å². The van der Waals surface area contributed by atoms with E-state index < -0.39 is 17.8 Å². The Morgan fingerprint density at radius 3 is 2.54 bits per heavy atom. The van der Waals surface area contributed by atoms with E-state index >= 15 is 0 Å². The zero-order chi connectivity index (χ0) is 18.8. The second-order valence-electron chi connectivity index (χ2n) is 5.90. The number of benzene rings is 1. The van der Waals surface area contributed by atoms with Crippen molar-refractivity contribution >= 4 is 16.9 Å². The minimum Gasteiger partial charge on any atom is -0.368 e. The first-order valence-electron chi connectivity index (χ1n) is 7.79. The molecule has 0 atom stereocenters. The van der Waals surface area contributed by atoms with Crippen LogP contribution in [0.4, 0.5) is 4.39 Å². The molecule has 7 nitrogen and oxygen atoms in total. The lowest BCUT2D eigenvalue weighted by molar-refractivity contribution is -0.0380. The molecule has 2 heterocycles. The number of carbonyl (C=O) groups excluding carboxylic acids is 1. The number of amides is 1. The van der Waals surface area contributed by atoms with Crippen LogP contribution in [-0.4, -0.2) is 32.4 Å². The number of aliphatic hydroxyl groups is 2. The predicted octanol–water partition coefficient (Wildman–Crippen LogP) is 0.605. The number of nitrogens with two attached hydrogens (primary N) is 1. The molecule has 134 valence electrons. The maximum absolute atomic E-state index is 13.0. The normalized spacial score (nSPS) is 11.2. The molecule has 0 aliphatic heterocycles. The van der Waals surface area contributed by atoms with Gasteiger partial charge in [-0.15, -0.1) is 0 Å². The van der Waals surface area contributed by atoms with Crippen molar-refractivity contribution in [2.45, 2.75) is 19.1 Å². The maximum atomic E-state index is 13.0. The van der Waals surface area contributed by atoms with E-state index in [0.717, 1.165) is 11.1 Å². The van der Waals surface area contributed by atoms with Crippen LogP contribution >= 0.6 is 0 Å². The number of hydrogen-bond acceptors (Lipinski definition) is 5. The fraction of sp³-hybridized carbons (Fsp3) is 0.167. The zero-order valence-electron chi connectivity index (χ0n) is 13.6. The molecule has 2 aromatic heterocycles. The molecule has 8 heteroatoms. The molecule has 0 saturated heterocycles. The van der Waals surface area contributed by atoms with Crippen LogP contribution < -0.4 is 11.3 Å². The summed E-state index contributed by atoms with van der Waals surface area (Å²) in [7, 11) is 0. The predicted molar refractivity (Wildman–Crippen MR) is 92.0 cm³/mol. The Kier molecular flexibility index (Phi) is 4.79. The number of aromatic nitrogens is 2. The van der Waals surface area contributed by atoms with Crippen molar-refractivity contribution in [1.29, 1.82) is 0 Å². The number of pyridine rings is 2. The molecular weight excluding hydrogens is 341 g/mol. The smallest absolute Gasteiger partial charge is 0.261 e. The van der Waals surface area contributed by atoms with E-state index in [1.807, 2.05) is 0 Å². The Hall–Kier alpha value is -3.10. The fourth-order valence-electron chi connectivity index (χ4n) is 2.86. The molecule has 0 unspecified atom stereocenters. The quantitative estimate of drug-likeness (QED) is 0.497. The van der Waals surface area contributed by atoms with Crippen molar-refractivity contribution < 1.29 is 19.4 Å². The SMILES string of the molecule is NC(=O)c1c(CC(O)O)c2ncc(Cc3ccc(F)cc3)cc2[nH]c1=O. The number of halogens is 1. The van der Waals surface area contributed by atoms with Gasteiger partial charge < -0.3 is 20.9 Å². The van der Waals surface area contributed by atoms with Gasteiger partial charge in [0.05, 0.1) is 11.0 Å². The molecule has 0 fully saturated rings. The number of carbonyl (C=O) groups is 1. The molecular formula is C18H16FN3O4. The first-order valence-corrected chi connectivity index (χ1v) is 7.79. The van der Waals surface area contributed by atoms with E-state index in [-0.39, 0.29) is 28.9 Å². The van der Waals surface area contributed by atoms with E-state index in [1.54, 1.807) is 24.4 Å². The Morgan fingerprint density at radius 1 is 1.23 bits per heavy atom. The lowest BCUT2D eigenvalue weighted by Crippen LogP contribution is -2.28. The summed E-state index contributed by atoms with van der Waals surface area (Å²) in [5.74, 6) is -1.30. The van der Waals surface area contributed by atoms with Crippen LogP contribution in [0.1, 0.15) is 27.0 Å². The highest BCUT2D eigenvalue weighted by molar-refractivity contribution is 5.98. The van der Waals surface area contributed by atoms with Gasteiger partial charge in [-0.1, -0.05) is 12.1 Å². The summed E-state index contributed by atoms with van der Waals surface area (Å²) in [6, 6.07) is 7.67. The fourth-order valence-corrected chi connectivity index (χ4v) is 2.86. The summed E-state index contributed by atoms with van der Waals surface area (Å²) in [5, 5.41) is 18.5. The van der Waals surface area contributed by atoms with Crippen LogP contribution in [-0.2, 0) is 12.8 Å². The van der Waals surface area contributed by atoms with Crippen LogP contribution in [0, 0.1) is 5.82 Å². The van der Waals surface area contributed by atoms with Crippen LogP contribution in [0.2, 0.25) is 0 Å². The van der Waals surface area contributed by atoms with Gasteiger partial charge in [0, 0.05) is 18.2 Å². The average molecular weight is 357 g/mol. The van der Waals surface area contributed by atoms with Crippen molar-refractivity contribution in [2.24, 2.45) is 5.73 Å². The largest absolute Gasteiger partial charge is 0.368 e. The number of nitrogens with one attached hydrogen (secondary N) is 1. The number of hydrogen-bond donors (Lipinski definition) is 4. The topological polar surface area (TPSA) is 129 Å². The molecule has 0 aliphatic rings. The molecule has 0 spiro atoms. The number of rotatable bonds is 5. The Labute approximate surface area is 146 Å². The molecule has 0 radical (unpaired) electrons. The summed E-state index contributed by atoms with van der Waals surface area (Å²) in [5.41, 5.74) is 6.47. The highest BCUT2D eigenvalue weighted by Gasteiger charge is 2.20. The van der Waals surface area contributed by atoms with Crippen LogP contribution in [0.3, 0.4) is 0 Å². The van der Waals surface area contributed by atoms with Crippen LogP contribution in [0.25, 0.3) is 11.0 Å². The molecule has 5 N–H and O–H groups in total. The Balaban J connectivity index is 2.10. The number of primary amides is 1. The third-order valence-electron chi connectivity index (χ3n) is 3.96. The average Bonchev–Trinajstić information content (AvgIpc) is 2.55. The van der Waals surface area contributed by atoms with Crippen molar-refractivity contribution in [1.82, 2.24) is 9.97 Å². The van der Waals surface area contributed by atoms with E-state index in [2.05, 4.69) is 9.97 Å². The second-order valence-corrected chi connectivity index (χ2v) is 5.90. The third kappa shape index (κ3) is 3.61. The summed E-state index contributed by atoms with van der Waals surface area (Å²) >= 11 is 0. The lowest BCUT2D eigenvalue weighted by Gasteiger charge is -2.12. The molecule has 26 heavy (non-hydrogen) atoms. The van der Waals surface area contributed by atoms with Crippen molar-refractivity contribution in [2.75, 3.05) is 0 Å². The number of fused-ring (bicyclic) bond motifs is 1. The maximum Gasteiger partial charge on any atom is 0.261 e. The summed E-state index contributed by atoms with van der Waals surface area (Å²) < 4.78 is 13.0. The molecule has 3 aromatic rings. The van der Waals surface area contributed by atoms with Crippen molar-refractivity contribution in [3.05, 3.63) is 75.0 Å². The molecule has 0 saturated carbocycles. The monoisotopic (exact) mass is 357 g/mol. The van der Waals surface area contributed by atoms with Gasteiger partial charge in [0.2, 0.25) is 0 Å².